The largest absolute Gasteiger partial charge is 0.356 e. The molecule has 4 rings (SSSR count). The molecule has 1 atom stereocenters. The van der Waals surface area contributed by atoms with Crippen LogP contribution in [0.25, 0.3) is 0 Å². The highest BCUT2D eigenvalue weighted by Gasteiger charge is 2.38. The van der Waals surface area contributed by atoms with E-state index in [9.17, 15) is 9.59 Å². The van der Waals surface area contributed by atoms with Crippen LogP contribution in [0, 0.1) is 0 Å². The summed E-state index contributed by atoms with van der Waals surface area (Å²) in [4.78, 5) is 42.8. The lowest BCUT2D eigenvalue weighted by Gasteiger charge is -2.45. The summed E-state index contributed by atoms with van der Waals surface area (Å²) in [6.07, 6.45) is 4.29. The van der Waals surface area contributed by atoms with E-state index in [1.807, 2.05) is 0 Å². The van der Waals surface area contributed by atoms with Gasteiger partial charge >= 0.3 is 6.03 Å². The number of rotatable bonds is 3. The van der Waals surface area contributed by atoms with E-state index in [4.69, 9.17) is 0 Å². The molecule has 0 aromatic carbocycles. The fraction of sp³-hybridized carbons (Fsp3) is 0.667. The number of hydrogen-bond donors (Lipinski definition) is 0. The van der Waals surface area contributed by atoms with Crippen LogP contribution in [-0.2, 0) is 4.79 Å². The van der Waals surface area contributed by atoms with Crippen molar-refractivity contribution < 1.29 is 9.59 Å². The molecule has 1 unspecified atom stereocenters. The first-order valence-corrected chi connectivity index (χ1v) is 9.64. The van der Waals surface area contributed by atoms with Crippen molar-refractivity contribution in [1.29, 1.82) is 0 Å². The molecule has 146 valence electrons. The minimum Gasteiger partial charge on any atom is -0.356 e. The molecule has 3 aliphatic heterocycles. The maximum Gasteiger partial charge on any atom is 0.327 e. The fourth-order valence-corrected chi connectivity index (χ4v) is 4.15. The number of imide groups is 1. The first-order chi connectivity index (χ1) is 13.0. The molecular weight excluding hydrogens is 346 g/mol. The van der Waals surface area contributed by atoms with Crippen LogP contribution in [0.4, 0.5) is 16.4 Å². The molecule has 0 saturated carbocycles. The van der Waals surface area contributed by atoms with Crippen LogP contribution < -0.4 is 9.80 Å². The van der Waals surface area contributed by atoms with Gasteiger partial charge in [0.1, 0.15) is 18.0 Å². The highest BCUT2D eigenvalue weighted by atomic mass is 16.2. The van der Waals surface area contributed by atoms with Gasteiger partial charge in [0.25, 0.3) is 0 Å². The summed E-state index contributed by atoms with van der Waals surface area (Å²) in [5.74, 6) is 1.85. The van der Waals surface area contributed by atoms with Crippen LogP contribution >= 0.6 is 0 Å². The van der Waals surface area contributed by atoms with Crippen molar-refractivity contribution in [3.8, 4) is 0 Å². The number of nitrogens with zero attached hydrogens (tertiary/aromatic N) is 7. The molecule has 9 heteroatoms. The Kier molecular flexibility index (Phi) is 4.86. The summed E-state index contributed by atoms with van der Waals surface area (Å²) in [6.45, 7) is 5.35. The predicted molar refractivity (Wildman–Crippen MR) is 102 cm³/mol. The summed E-state index contributed by atoms with van der Waals surface area (Å²) >= 11 is 0. The Bertz CT molecular complexity index is 713. The van der Waals surface area contributed by atoms with E-state index in [0.29, 0.717) is 6.42 Å². The normalized spacial score (nSPS) is 24.9. The van der Waals surface area contributed by atoms with Crippen LogP contribution in [0.1, 0.15) is 19.3 Å². The standard InChI is InChI=1S/C18H27N7O2/c1-21-16(12-17(26)22(2)18(21)27)25-9-7-24(8-10-25)15-11-14(19-13-20-15)23-5-3-4-6-23/h11,13,16H,3-10,12H2,1-2H3. The monoisotopic (exact) mass is 373 g/mol. The van der Waals surface area contributed by atoms with Crippen LogP contribution in [0.5, 0.6) is 0 Å². The molecular formula is C18H27N7O2. The van der Waals surface area contributed by atoms with Crippen LogP contribution in [0.3, 0.4) is 0 Å². The van der Waals surface area contributed by atoms with Gasteiger partial charge in [0.2, 0.25) is 5.91 Å². The topological polar surface area (TPSA) is 76.1 Å². The van der Waals surface area contributed by atoms with E-state index in [-0.39, 0.29) is 18.1 Å². The summed E-state index contributed by atoms with van der Waals surface area (Å²) in [7, 11) is 3.32. The zero-order chi connectivity index (χ0) is 19.0. The predicted octanol–water partition coefficient (Wildman–Crippen LogP) is 0.439. The molecule has 3 saturated heterocycles. The van der Waals surface area contributed by atoms with E-state index < -0.39 is 0 Å². The number of anilines is 2. The summed E-state index contributed by atoms with van der Waals surface area (Å²) in [6, 6.07) is 1.85. The van der Waals surface area contributed by atoms with Crippen molar-refractivity contribution in [2.24, 2.45) is 0 Å². The molecule has 9 nitrogen and oxygen atoms in total. The lowest BCUT2D eigenvalue weighted by molar-refractivity contribution is -0.134. The van der Waals surface area contributed by atoms with Gasteiger partial charge in [0, 0.05) is 59.4 Å². The van der Waals surface area contributed by atoms with Gasteiger partial charge in [-0.25, -0.2) is 14.8 Å². The zero-order valence-electron chi connectivity index (χ0n) is 16.0. The minimum absolute atomic E-state index is 0.114. The summed E-state index contributed by atoms with van der Waals surface area (Å²) in [5, 5.41) is 0. The van der Waals surface area contributed by atoms with E-state index in [1.54, 1.807) is 25.3 Å². The smallest absolute Gasteiger partial charge is 0.327 e. The average Bonchev–Trinajstić information content (AvgIpc) is 3.24. The van der Waals surface area contributed by atoms with Gasteiger partial charge in [0.05, 0.1) is 12.6 Å². The Morgan fingerprint density at radius 2 is 1.48 bits per heavy atom. The highest BCUT2D eigenvalue weighted by molar-refractivity contribution is 5.96. The number of carbonyl (C=O) groups excluding carboxylic acids is 2. The third kappa shape index (κ3) is 3.43. The van der Waals surface area contributed by atoms with Gasteiger partial charge in [-0.2, -0.15) is 0 Å². The summed E-state index contributed by atoms with van der Waals surface area (Å²) < 4.78 is 0. The van der Waals surface area contributed by atoms with Crippen LogP contribution in [0.2, 0.25) is 0 Å². The third-order valence-electron chi connectivity index (χ3n) is 5.90. The highest BCUT2D eigenvalue weighted by Crippen LogP contribution is 2.24. The SMILES string of the molecule is CN1C(=O)CC(N2CCN(c3cc(N4CCCC4)ncn3)CC2)N(C)C1=O. The minimum atomic E-state index is -0.232. The molecule has 0 bridgehead atoms. The Morgan fingerprint density at radius 3 is 2.11 bits per heavy atom. The number of aromatic nitrogens is 2. The number of amides is 3. The molecule has 0 spiro atoms. The number of urea groups is 1. The van der Waals surface area contributed by atoms with E-state index in [0.717, 1.165) is 50.9 Å². The number of piperazine rings is 1. The molecule has 27 heavy (non-hydrogen) atoms. The van der Waals surface area contributed by atoms with E-state index in [1.165, 1.54) is 17.7 Å². The van der Waals surface area contributed by atoms with E-state index >= 15 is 0 Å². The summed E-state index contributed by atoms with van der Waals surface area (Å²) in [5.41, 5.74) is 0. The Labute approximate surface area is 159 Å². The van der Waals surface area contributed by atoms with Crippen molar-refractivity contribution in [3.05, 3.63) is 12.4 Å². The quantitative estimate of drug-likeness (QED) is 0.761. The molecule has 0 N–H and O–H groups in total. The Hall–Kier alpha value is -2.42. The maximum absolute atomic E-state index is 12.2. The molecule has 0 aliphatic carbocycles. The fourth-order valence-electron chi connectivity index (χ4n) is 4.15. The molecule has 4 heterocycles. The molecule has 3 aliphatic rings. The van der Waals surface area contributed by atoms with Gasteiger partial charge < -0.3 is 14.7 Å². The van der Waals surface area contributed by atoms with Gasteiger partial charge in [-0.15, -0.1) is 0 Å². The molecule has 3 amide bonds. The Balaban J connectivity index is 1.40. The van der Waals surface area contributed by atoms with Crippen molar-refractivity contribution in [1.82, 2.24) is 24.7 Å². The van der Waals surface area contributed by atoms with Gasteiger partial charge in [-0.1, -0.05) is 0 Å². The number of hydrogen-bond acceptors (Lipinski definition) is 7. The van der Waals surface area contributed by atoms with Crippen molar-refractivity contribution in [2.45, 2.75) is 25.4 Å². The first kappa shape index (κ1) is 18.0. The zero-order valence-corrected chi connectivity index (χ0v) is 16.0. The van der Waals surface area contributed by atoms with Crippen LogP contribution in [0.15, 0.2) is 12.4 Å². The third-order valence-corrected chi connectivity index (χ3v) is 5.90. The van der Waals surface area contributed by atoms with Gasteiger partial charge in [-0.3, -0.25) is 14.6 Å². The van der Waals surface area contributed by atoms with Crippen LogP contribution in [-0.4, -0.2) is 96.1 Å². The maximum atomic E-state index is 12.2. The lowest BCUT2D eigenvalue weighted by atomic mass is 10.1. The van der Waals surface area contributed by atoms with E-state index in [2.05, 4.69) is 30.7 Å². The second-order valence-electron chi connectivity index (χ2n) is 7.48. The van der Waals surface area contributed by atoms with Gasteiger partial charge in [-0.05, 0) is 12.8 Å². The Morgan fingerprint density at radius 1 is 0.889 bits per heavy atom. The second-order valence-corrected chi connectivity index (χ2v) is 7.48. The van der Waals surface area contributed by atoms with Gasteiger partial charge in [0.15, 0.2) is 0 Å². The molecule has 1 aromatic heterocycles. The van der Waals surface area contributed by atoms with Crippen molar-refractivity contribution in [3.63, 3.8) is 0 Å². The van der Waals surface area contributed by atoms with Crippen molar-refractivity contribution in [2.75, 3.05) is 63.2 Å². The molecule has 3 fully saturated rings. The first-order valence-electron chi connectivity index (χ1n) is 9.64. The van der Waals surface area contributed by atoms with Crippen molar-refractivity contribution >= 4 is 23.6 Å². The average molecular weight is 373 g/mol. The second kappa shape index (κ2) is 7.30. The molecule has 0 radical (unpaired) electrons. The molecule has 1 aromatic rings. The number of carbonyl (C=O) groups is 2. The lowest BCUT2D eigenvalue weighted by Crippen LogP contribution is -2.62.